The summed E-state index contributed by atoms with van der Waals surface area (Å²) >= 11 is 0. The minimum Gasteiger partial charge on any atom is -0.370 e. The number of carbonyl (C=O) groups is 1. The van der Waals surface area contributed by atoms with Crippen LogP contribution >= 0.6 is 0 Å². The van der Waals surface area contributed by atoms with E-state index in [1.807, 2.05) is 18.7 Å². The third kappa shape index (κ3) is 4.84. The van der Waals surface area contributed by atoms with E-state index in [0.29, 0.717) is 26.1 Å². The second-order valence-corrected chi connectivity index (χ2v) is 7.51. The molecule has 2 atom stereocenters. The zero-order valence-electron chi connectivity index (χ0n) is 16.1. The Kier molecular flexibility index (Phi) is 6.31. The Morgan fingerprint density at radius 2 is 2.21 bits per heavy atom. The number of nitrogens with one attached hydrogen (secondary N) is 2. The molecule has 1 aromatic heterocycles. The molecule has 3 heterocycles. The molecule has 2 N–H and O–H groups in total. The third-order valence-corrected chi connectivity index (χ3v) is 5.36. The van der Waals surface area contributed by atoms with Gasteiger partial charge >= 0.3 is 6.18 Å². The number of halogens is 3. The van der Waals surface area contributed by atoms with Gasteiger partial charge < -0.3 is 19.8 Å². The number of aromatic nitrogens is 2. The molecule has 158 valence electrons. The summed E-state index contributed by atoms with van der Waals surface area (Å²) in [4.78, 5) is 20.6. The fourth-order valence-electron chi connectivity index (χ4n) is 3.73. The van der Waals surface area contributed by atoms with E-state index in [1.165, 1.54) is 0 Å². The van der Waals surface area contributed by atoms with Crippen LogP contribution in [0.15, 0.2) is 6.20 Å². The molecule has 28 heavy (non-hydrogen) atoms. The van der Waals surface area contributed by atoms with E-state index in [1.54, 1.807) is 0 Å². The summed E-state index contributed by atoms with van der Waals surface area (Å²) in [6.07, 6.45) is -2.06. The van der Waals surface area contributed by atoms with E-state index in [4.69, 9.17) is 9.47 Å². The number of rotatable bonds is 6. The number of aromatic amines is 1. The van der Waals surface area contributed by atoms with Gasteiger partial charge in [0, 0.05) is 25.6 Å². The highest BCUT2D eigenvalue weighted by Gasteiger charge is 2.47. The van der Waals surface area contributed by atoms with Crippen molar-refractivity contribution in [1.29, 1.82) is 0 Å². The molecule has 1 amide bonds. The highest BCUT2D eigenvalue weighted by molar-refractivity contribution is 5.81. The average molecular weight is 404 g/mol. The van der Waals surface area contributed by atoms with Gasteiger partial charge in [-0.25, -0.2) is 4.98 Å². The number of ether oxygens (including phenoxy) is 2. The Labute approximate surface area is 162 Å². The second kappa shape index (κ2) is 8.38. The van der Waals surface area contributed by atoms with Crippen molar-refractivity contribution >= 4 is 5.91 Å². The molecule has 2 unspecified atom stereocenters. The van der Waals surface area contributed by atoms with Crippen LogP contribution in [-0.2, 0) is 27.0 Å². The minimum atomic E-state index is -4.44. The molecular formula is C18H27F3N4O3. The van der Waals surface area contributed by atoms with Gasteiger partial charge in [0.2, 0.25) is 5.91 Å². The Bertz CT molecular complexity index is 677. The molecule has 0 radical (unpaired) electrons. The van der Waals surface area contributed by atoms with Crippen LogP contribution in [0.1, 0.15) is 44.6 Å². The molecule has 2 aliphatic rings. The summed E-state index contributed by atoms with van der Waals surface area (Å²) in [6, 6.07) is 0.123. The predicted octanol–water partition coefficient (Wildman–Crippen LogP) is 2.09. The summed E-state index contributed by atoms with van der Waals surface area (Å²) < 4.78 is 49.8. The Morgan fingerprint density at radius 3 is 2.86 bits per heavy atom. The van der Waals surface area contributed by atoms with Crippen LogP contribution in [0, 0.1) is 0 Å². The van der Waals surface area contributed by atoms with Crippen LogP contribution in [0.2, 0.25) is 0 Å². The van der Waals surface area contributed by atoms with Gasteiger partial charge in [0.25, 0.3) is 0 Å². The van der Waals surface area contributed by atoms with Gasteiger partial charge in [-0.3, -0.25) is 9.69 Å². The summed E-state index contributed by atoms with van der Waals surface area (Å²) in [5.41, 5.74) is -1.47. The van der Waals surface area contributed by atoms with Gasteiger partial charge in [-0.2, -0.15) is 13.2 Å². The molecular weight excluding hydrogens is 377 g/mol. The van der Waals surface area contributed by atoms with Crippen molar-refractivity contribution in [3.8, 4) is 0 Å². The number of morpholine rings is 1. The molecule has 3 rings (SSSR count). The number of nitrogens with zero attached hydrogens (tertiary/aromatic N) is 2. The Balaban J connectivity index is 1.57. The molecule has 2 saturated heterocycles. The maximum atomic E-state index is 12.7. The van der Waals surface area contributed by atoms with Gasteiger partial charge in [0.05, 0.1) is 26.0 Å². The minimum absolute atomic E-state index is 0.123. The van der Waals surface area contributed by atoms with Crippen LogP contribution < -0.4 is 5.32 Å². The van der Waals surface area contributed by atoms with Crippen molar-refractivity contribution in [2.45, 2.75) is 63.6 Å². The standard InChI is InChI=1S/C18H27F3N4O3/c1-3-12(4-2)23-16(26)13-7-17(11-27-13)10-25(5-6-28-17)9-15-22-8-14(24-15)18(19,20)21/h8,12-13H,3-7,9-11H2,1-2H3,(H,22,24)(H,23,26). The molecule has 10 heteroatoms. The molecule has 2 aliphatic heterocycles. The quantitative estimate of drug-likeness (QED) is 0.759. The Hall–Kier alpha value is -1.65. The van der Waals surface area contributed by atoms with Gasteiger partial charge in [-0.15, -0.1) is 0 Å². The van der Waals surface area contributed by atoms with Crippen molar-refractivity contribution in [3.05, 3.63) is 17.7 Å². The summed E-state index contributed by atoms with van der Waals surface area (Å²) in [6.45, 7) is 6.07. The topological polar surface area (TPSA) is 79.5 Å². The van der Waals surface area contributed by atoms with Crippen LogP contribution in [0.3, 0.4) is 0 Å². The van der Waals surface area contributed by atoms with Crippen molar-refractivity contribution < 1.29 is 27.4 Å². The van der Waals surface area contributed by atoms with Gasteiger partial charge in [0.1, 0.15) is 23.2 Å². The van der Waals surface area contributed by atoms with Crippen molar-refractivity contribution in [2.75, 3.05) is 26.3 Å². The largest absolute Gasteiger partial charge is 0.432 e. The molecule has 1 spiro atoms. The van der Waals surface area contributed by atoms with Crippen LogP contribution in [0.4, 0.5) is 13.2 Å². The number of hydrogen-bond donors (Lipinski definition) is 2. The van der Waals surface area contributed by atoms with E-state index < -0.39 is 23.6 Å². The Morgan fingerprint density at radius 1 is 1.46 bits per heavy atom. The molecule has 0 saturated carbocycles. The number of amides is 1. The predicted molar refractivity (Wildman–Crippen MR) is 94.4 cm³/mol. The van der Waals surface area contributed by atoms with Crippen LogP contribution in [-0.4, -0.2) is 64.8 Å². The first-order valence-corrected chi connectivity index (χ1v) is 9.64. The van der Waals surface area contributed by atoms with Crippen molar-refractivity contribution in [2.24, 2.45) is 0 Å². The van der Waals surface area contributed by atoms with Crippen LogP contribution in [0.25, 0.3) is 0 Å². The fraction of sp³-hybridized carbons (Fsp3) is 0.778. The SMILES string of the molecule is CCC(CC)NC(=O)C1CC2(CO1)CN(Cc1ncc(C(F)(F)F)[nH]1)CCO2. The third-order valence-electron chi connectivity index (χ3n) is 5.36. The molecule has 1 aromatic rings. The lowest BCUT2D eigenvalue weighted by molar-refractivity contribution is -0.141. The lowest BCUT2D eigenvalue weighted by Crippen LogP contribution is -2.52. The van der Waals surface area contributed by atoms with E-state index in [-0.39, 0.29) is 30.9 Å². The highest BCUT2D eigenvalue weighted by atomic mass is 19.4. The zero-order chi connectivity index (χ0) is 20.4. The summed E-state index contributed by atoms with van der Waals surface area (Å²) in [7, 11) is 0. The maximum absolute atomic E-state index is 12.7. The van der Waals surface area contributed by atoms with Gasteiger partial charge in [-0.05, 0) is 12.8 Å². The highest BCUT2D eigenvalue weighted by Crippen LogP contribution is 2.32. The van der Waals surface area contributed by atoms with Gasteiger partial charge in [0.15, 0.2) is 0 Å². The zero-order valence-corrected chi connectivity index (χ0v) is 16.1. The van der Waals surface area contributed by atoms with Crippen molar-refractivity contribution in [3.63, 3.8) is 0 Å². The monoisotopic (exact) mass is 404 g/mol. The number of imidazole rings is 1. The fourth-order valence-corrected chi connectivity index (χ4v) is 3.73. The summed E-state index contributed by atoms with van der Waals surface area (Å²) in [5, 5.41) is 2.99. The lowest BCUT2D eigenvalue weighted by Gasteiger charge is -2.39. The van der Waals surface area contributed by atoms with Crippen LogP contribution in [0.5, 0.6) is 0 Å². The van der Waals surface area contributed by atoms with E-state index in [9.17, 15) is 18.0 Å². The first-order chi connectivity index (χ1) is 13.2. The molecule has 0 aromatic carbocycles. The van der Waals surface area contributed by atoms with Crippen molar-refractivity contribution in [1.82, 2.24) is 20.2 Å². The van der Waals surface area contributed by atoms with E-state index >= 15 is 0 Å². The first kappa shape index (κ1) is 21.1. The first-order valence-electron chi connectivity index (χ1n) is 9.64. The number of carbonyl (C=O) groups excluding carboxylic acids is 1. The molecule has 0 bridgehead atoms. The molecule has 2 fully saturated rings. The summed E-state index contributed by atoms with van der Waals surface area (Å²) in [5.74, 6) is 0.124. The normalized spacial score (nSPS) is 26.3. The smallest absolute Gasteiger partial charge is 0.370 e. The second-order valence-electron chi connectivity index (χ2n) is 7.51. The van der Waals surface area contributed by atoms with E-state index in [0.717, 1.165) is 19.0 Å². The number of alkyl halides is 3. The molecule has 0 aliphatic carbocycles. The van der Waals surface area contributed by atoms with Gasteiger partial charge in [-0.1, -0.05) is 13.8 Å². The lowest BCUT2D eigenvalue weighted by atomic mass is 9.97. The average Bonchev–Trinajstić information content (AvgIpc) is 3.27. The molecule has 7 nitrogen and oxygen atoms in total. The number of hydrogen-bond acceptors (Lipinski definition) is 5. The van der Waals surface area contributed by atoms with E-state index in [2.05, 4.69) is 15.3 Å². The maximum Gasteiger partial charge on any atom is 0.432 e. The number of H-pyrrole nitrogens is 1.